The van der Waals surface area contributed by atoms with Crippen molar-refractivity contribution in [2.75, 3.05) is 20.3 Å². The van der Waals surface area contributed by atoms with Gasteiger partial charge in [-0.2, -0.15) is 0 Å². The van der Waals surface area contributed by atoms with Crippen molar-refractivity contribution in [2.45, 2.75) is 52.4 Å². The minimum Gasteiger partial charge on any atom is -0.385 e. The van der Waals surface area contributed by atoms with Crippen molar-refractivity contribution in [1.82, 2.24) is 5.32 Å². The van der Waals surface area contributed by atoms with Crippen LogP contribution in [-0.4, -0.2) is 26.2 Å². The molecule has 0 aromatic heterocycles. The van der Waals surface area contributed by atoms with Crippen LogP contribution in [0.15, 0.2) is 0 Å². The van der Waals surface area contributed by atoms with Crippen LogP contribution in [-0.2, 0) is 9.53 Å². The number of rotatable bonds is 10. The number of carbonyl (C=O) groups is 1. The molecule has 3 nitrogen and oxygen atoms in total. The van der Waals surface area contributed by atoms with Crippen molar-refractivity contribution < 1.29 is 9.53 Å². The lowest BCUT2D eigenvalue weighted by Crippen LogP contribution is -2.28. The van der Waals surface area contributed by atoms with Gasteiger partial charge in [-0.3, -0.25) is 4.79 Å². The zero-order chi connectivity index (χ0) is 12.2. The van der Waals surface area contributed by atoms with Crippen LogP contribution in [0.4, 0.5) is 0 Å². The molecule has 0 aromatic rings. The summed E-state index contributed by atoms with van der Waals surface area (Å²) in [7, 11) is 1.75. The van der Waals surface area contributed by atoms with E-state index >= 15 is 0 Å². The average molecular weight is 229 g/mol. The number of carbonyl (C=O) groups excluding carboxylic acids is 1. The molecule has 0 radical (unpaired) electrons. The number of nitrogens with one attached hydrogen (secondary N) is 1. The van der Waals surface area contributed by atoms with Crippen molar-refractivity contribution in [3.63, 3.8) is 0 Å². The van der Waals surface area contributed by atoms with Gasteiger partial charge < -0.3 is 10.1 Å². The molecule has 0 spiro atoms. The van der Waals surface area contributed by atoms with Crippen LogP contribution in [0.25, 0.3) is 0 Å². The third-order valence-corrected chi connectivity index (χ3v) is 2.60. The standard InChI is InChI=1S/C13H27NO2/c1-12(2)13(15)14-10-8-6-4-5-7-9-11-16-3/h12H,4-11H2,1-3H3,(H,14,15). The molecule has 0 aliphatic heterocycles. The molecule has 0 saturated heterocycles. The zero-order valence-corrected chi connectivity index (χ0v) is 11.1. The van der Waals surface area contributed by atoms with Gasteiger partial charge in [-0.25, -0.2) is 0 Å². The lowest BCUT2D eigenvalue weighted by Gasteiger charge is -2.07. The molecule has 96 valence electrons. The van der Waals surface area contributed by atoms with Crippen LogP contribution >= 0.6 is 0 Å². The Morgan fingerprint density at radius 1 is 1.06 bits per heavy atom. The van der Waals surface area contributed by atoms with Crippen LogP contribution < -0.4 is 5.32 Å². The van der Waals surface area contributed by atoms with E-state index in [1.54, 1.807) is 7.11 Å². The van der Waals surface area contributed by atoms with Crippen LogP contribution in [0.2, 0.25) is 0 Å². The third kappa shape index (κ3) is 9.97. The van der Waals surface area contributed by atoms with Gasteiger partial charge in [0.25, 0.3) is 0 Å². The van der Waals surface area contributed by atoms with Gasteiger partial charge in [0.15, 0.2) is 0 Å². The van der Waals surface area contributed by atoms with E-state index in [9.17, 15) is 4.79 Å². The second-order valence-corrected chi connectivity index (χ2v) is 4.56. The summed E-state index contributed by atoms with van der Waals surface area (Å²) in [5.41, 5.74) is 0. The van der Waals surface area contributed by atoms with Gasteiger partial charge in [0, 0.05) is 26.2 Å². The Hall–Kier alpha value is -0.570. The van der Waals surface area contributed by atoms with Crippen molar-refractivity contribution in [3.8, 4) is 0 Å². The topological polar surface area (TPSA) is 38.3 Å². The van der Waals surface area contributed by atoms with Gasteiger partial charge in [0.05, 0.1) is 0 Å². The van der Waals surface area contributed by atoms with Gasteiger partial charge in [-0.15, -0.1) is 0 Å². The lowest BCUT2D eigenvalue weighted by molar-refractivity contribution is -0.123. The zero-order valence-electron chi connectivity index (χ0n) is 11.1. The summed E-state index contributed by atoms with van der Waals surface area (Å²) in [6.07, 6.45) is 7.28. The molecule has 0 fully saturated rings. The maximum absolute atomic E-state index is 11.2. The molecule has 0 rings (SSSR count). The van der Waals surface area contributed by atoms with Crippen molar-refractivity contribution in [3.05, 3.63) is 0 Å². The fourth-order valence-corrected chi connectivity index (χ4v) is 1.49. The molecule has 3 heteroatoms. The largest absolute Gasteiger partial charge is 0.385 e. The molecule has 0 aliphatic rings. The number of amides is 1. The quantitative estimate of drug-likeness (QED) is 0.585. The van der Waals surface area contributed by atoms with Gasteiger partial charge in [-0.05, 0) is 12.8 Å². The summed E-state index contributed by atoms with van der Waals surface area (Å²) < 4.78 is 4.99. The van der Waals surface area contributed by atoms with Crippen molar-refractivity contribution in [2.24, 2.45) is 5.92 Å². The Labute approximate surface area is 99.9 Å². The molecule has 1 N–H and O–H groups in total. The first-order valence-corrected chi connectivity index (χ1v) is 6.45. The summed E-state index contributed by atoms with van der Waals surface area (Å²) >= 11 is 0. The van der Waals surface area contributed by atoms with Crippen LogP contribution in [0.5, 0.6) is 0 Å². The van der Waals surface area contributed by atoms with Crippen molar-refractivity contribution >= 4 is 5.91 Å². The lowest BCUT2D eigenvalue weighted by atomic mass is 10.1. The van der Waals surface area contributed by atoms with Crippen LogP contribution in [0.1, 0.15) is 52.4 Å². The molecule has 0 aromatic carbocycles. The SMILES string of the molecule is COCCCCCCCCNC(=O)C(C)C. The van der Waals surface area contributed by atoms with Gasteiger partial charge in [-0.1, -0.05) is 39.5 Å². The highest BCUT2D eigenvalue weighted by Crippen LogP contribution is 2.05. The van der Waals surface area contributed by atoms with E-state index in [1.807, 2.05) is 13.8 Å². The Bertz CT molecular complexity index is 169. The minimum absolute atomic E-state index is 0.106. The molecule has 0 atom stereocenters. The molecular formula is C13H27NO2. The van der Waals surface area contributed by atoms with E-state index in [-0.39, 0.29) is 11.8 Å². The number of ether oxygens (including phenoxy) is 1. The van der Waals surface area contributed by atoms with E-state index in [2.05, 4.69) is 5.32 Å². The Morgan fingerprint density at radius 2 is 1.62 bits per heavy atom. The first-order chi connectivity index (χ1) is 7.68. The maximum atomic E-state index is 11.2. The van der Waals surface area contributed by atoms with Crippen LogP contribution in [0, 0.1) is 5.92 Å². The van der Waals surface area contributed by atoms with E-state index in [0.29, 0.717) is 0 Å². The molecule has 0 aliphatic carbocycles. The van der Waals surface area contributed by atoms with E-state index < -0.39 is 0 Å². The Balaban J connectivity index is 3.07. The van der Waals surface area contributed by atoms with Gasteiger partial charge >= 0.3 is 0 Å². The molecular weight excluding hydrogens is 202 g/mol. The number of hydrogen-bond donors (Lipinski definition) is 1. The average Bonchev–Trinajstić information content (AvgIpc) is 2.26. The maximum Gasteiger partial charge on any atom is 0.222 e. The second-order valence-electron chi connectivity index (χ2n) is 4.56. The van der Waals surface area contributed by atoms with Crippen LogP contribution in [0.3, 0.4) is 0 Å². The summed E-state index contributed by atoms with van der Waals surface area (Å²) in [6.45, 7) is 5.55. The number of hydrogen-bond acceptors (Lipinski definition) is 2. The fourth-order valence-electron chi connectivity index (χ4n) is 1.49. The summed E-state index contributed by atoms with van der Waals surface area (Å²) in [5, 5.41) is 2.93. The Morgan fingerprint density at radius 3 is 2.19 bits per heavy atom. The summed E-state index contributed by atoms with van der Waals surface area (Å²) in [4.78, 5) is 11.2. The molecule has 0 saturated carbocycles. The molecule has 0 unspecified atom stereocenters. The molecule has 16 heavy (non-hydrogen) atoms. The second kappa shape index (κ2) is 10.9. The van der Waals surface area contributed by atoms with Crippen molar-refractivity contribution in [1.29, 1.82) is 0 Å². The molecule has 0 heterocycles. The van der Waals surface area contributed by atoms with E-state index in [1.165, 1.54) is 32.1 Å². The normalized spacial score (nSPS) is 10.8. The van der Waals surface area contributed by atoms with Gasteiger partial charge in [0.1, 0.15) is 0 Å². The highest BCUT2D eigenvalue weighted by atomic mass is 16.5. The summed E-state index contributed by atoms with van der Waals surface area (Å²) in [6, 6.07) is 0. The fraction of sp³-hybridized carbons (Fsp3) is 0.923. The predicted molar refractivity (Wildman–Crippen MR) is 67.4 cm³/mol. The smallest absolute Gasteiger partial charge is 0.222 e. The first-order valence-electron chi connectivity index (χ1n) is 6.45. The first kappa shape index (κ1) is 15.4. The minimum atomic E-state index is 0.106. The third-order valence-electron chi connectivity index (χ3n) is 2.60. The van der Waals surface area contributed by atoms with E-state index in [4.69, 9.17) is 4.74 Å². The Kier molecular flexibility index (Phi) is 10.5. The number of methoxy groups -OCH3 is 1. The van der Waals surface area contributed by atoms with E-state index in [0.717, 1.165) is 19.6 Å². The predicted octanol–water partition coefficient (Wildman–Crippen LogP) is 2.75. The number of unbranched alkanes of at least 4 members (excludes halogenated alkanes) is 5. The monoisotopic (exact) mass is 229 g/mol. The highest BCUT2D eigenvalue weighted by Gasteiger charge is 2.04. The highest BCUT2D eigenvalue weighted by molar-refractivity contribution is 5.77. The molecule has 1 amide bonds. The van der Waals surface area contributed by atoms with Gasteiger partial charge in [0.2, 0.25) is 5.91 Å². The molecule has 0 bridgehead atoms. The summed E-state index contributed by atoms with van der Waals surface area (Å²) in [5.74, 6) is 0.272.